The van der Waals surface area contributed by atoms with Crippen LogP contribution in [0.5, 0.6) is 0 Å². The van der Waals surface area contributed by atoms with Crippen LogP contribution in [0.4, 0.5) is 0 Å². The van der Waals surface area contributed by atoms with Gasteiger partial charge in [-0.05, 0) is 74.3 Å². The van der Waals surface area contributed by atoms with Crippen molar-refractivity contribution in [2.75, 3.05) is 0 Å². The molecule has 2 aromatic carbocycles. The highest BCUT2D eigenvalue weighted by molar-refractivity contribution is 5.43. The van der Waals surface area contributed by atoms with Gasteiger partial charge in [0.1, 0.15) is 0 Å². The summed E-state index contributed by atoms with van der Waals surface area (Å²) in [6, 6.07) is 17.3. The van der Waals surface area contributed by atoms with E-state index >= 15 is 0 Å². The Morgan fingerprint density at radius 1 is 0.815 bits per heavy atom. The number of hydrogen-bond donors (Lipinski definition) is 0. The van der Waals surface area contributed by atoms with Crippen molar-refractivity contribution in [3.63, 3.8) is 0 Å². The zero-order chi connectivity index (χ0) is 18.9. The minimum atomic E-state index is 0.922. The highest BCUT2D eigenvalue weighted by Crippen LogP contribution is 2.33. The van der Waals surface area contributed by atoms with Gasteiger partial charge in [0.05, 0.1) is 0 Å². The van der Waals surface area contributed by atoms with Crippen molar-refractivity contribution in [2.24, 2.45) is 11.8 Å². The molecule has 1 saturated carbocycles. The Morgan fingerprint density at radius 3 is 1.89 bits per heavy atom. The molecule has 1 aliphatic rings. The molecule has 0 unspecified atom stereocenters. The van der Waals surface area contributed by atoms with Gasteiger partial charge in [0, 0.05) is 11.1 Å². The maximum absolute atomic E-state index is 3.85. The standard InChI is InChI=1S/C27H32/c1-3-4-5-23-10-12-25(13-11-23)16-17-27-20-18-26(19-21-27)15-14-24-8-6-22(2)7-9-24/h3,6-9,18-21,23,25H,1,4-5,10-13,16-17H2,2H3. The second kappa shape index (κ2) is 10.2. The number of hydrogen-bond acceptors (Lipinski definition) is 0. The topological polar surface area (TPSA) is 0 Å². The molecule has 0 radical (unpaired) electrons. The number of aryl methyl sites for hydroxylation is 2. The van der Waals surface area contributed by atoms with Gasteiger partial charge in [-0.15, -0.1) is 6.58 Å². The van der Waals surface area contributed by atoms with Crippen molar-refractivity contribution < 1.29 is 0 Å². The lowest BCUT2D eigenvalue weighted by Gasteiger charge is -2.28. The summed E-state index contributed by atoms with van der Waals surface area (Å²) in [5.41, 5.74) is 4.90. The lowest BCUT2D eigenvalue weighted by atomic mass is 9.78. The lowest BCUT2D eigenvalue weighted by Crippen LogP contribution is -2.15. The molecule has 1 aliphatic carbocycles. The molecule has 0 aliphatic heterocycles. The molecule has 0 N–H and O–H groups in total. The normalized spacial score (nSPS) is 19.1. The molecule has 0 amide bonds. The van der Waals surface area contributed by atoms with E-state index in [9.17, 15) is 0 Å². The van der Waals surface area contributed by atoms with Crippen molar-refractivity contribution in [3.05, 3.63) is 83.4 Å². The Labute approximate surface area is 165 Å². The van der Waals surface area contributed by atoms with Crippen LogP contribution in [-0.4, -0.2) is 0 Å². The highest BCUT2D eigenvalue weighted by Gasteiger charge is 2.20. The van der Waals surface area contributed by atoms with Crippen molar-refractivity contribution in [2.45, 2.75) is 58.3 Å². The molecule has 0 nitrogen and oxygen atoms in total. The number of rotatable bonds is 6. The van der Waals surface area contributed by atoms with Crippen molar-refractivity contribution in [3.8, 4) is 11.8 Å². The quantitative estimate of drug-likeness (QED) is 0.382. The van der Waals surface area contributed by atoms with Crippen LogP contribution >= 0.6 is 0 Å². The molecule has 0 spiro atoms. The van der Waals surface area contributed by atoms with Gasteiger partial charge in [0.25, 0.3) is 0 Å². The third-order valence-electron chi connectivity index (χ3n) is 5.94. The van der Waals surface area contributed by atoms with Crippen LogP contribution in [0.2, 0.25) is 0 Å². The van der Waals surface area contributed by atoms with Gasteiger partial charge in [-0.25, -0.2) is 0 Å². The lowest BCUT2D eigenvalue weighted by molar-refractivity contribution is 0.254. The molecule has 140 valence electrons. The molecule has 0 aromatic heterocycles. The minimum absolute atomic E-state index is 0.922. The van der Waals surface area contributed by atoms with E-state index in [1.54, 1.807) is 0 Å². The summed E-state index contributed by atoms with van der Waals surface area (Å²) in [5, 5.41) is 0. The van der Waals surface area contributed by atoms with Gasteiger partial charge in [0.15, 0.2) is 0 Å². The summed E-state index contributed by atoms with van der Waals surface area (Å²) in [5.74, 6) is 8.40. The van der Waals surface area contributed by atoms with E-state index in [4.69, 9.17) is 0 Å². The molecule has 0 atom stereocenters. The predicted molar refractivity (Wildman–Crippen MR) is 117 cm³/mol. The fraction of sp³-hybridized carbons (Fsp3) is 0.407. The summed E-state index contributed by atoms with van der Waals surface area (Å²) in [6.45, 7) is 5.95. The molecular formula is C27H32. The van der Waals surface area contributed by atoms with Crippen LogP contribution in [0.1, 0.15) is 67.2 Å². The smallest absolute Gasteiger partial charge is 0.0249 e. The van der Waals surface area contributed by atoms with E-state index in [2.05, 4.69) is 80.0 Å². The summed E-state index contributed by atoms with van der Waals surface area (Å²) in [7, 11) is 0. The maximum atomic E-state index is 3.85. The van der Waals surface area contributed by atoms with Crippen LogP contribution in [0.25, 0.3) is 0 Å². The Balaban J connectivity index is 1.45. The van der Waals surface area contributed by atoms with Gasteiger partial charge >= 0.3 is 0 Å². The zero-order valence-electron chi connectivity index (χ0n) is 16.7. The average molecular weight is 357 g/mol. The molecule has 3 rings (SSSR count). The molecule has 27 heavy (non-hydrogen) atoms. The fourth-order valence-corrected chi connectivity index (χ4v) is 4.07. The summed E-state index contributed by atoms with van der Waals surface area (Å²) in [6.07, 6.45) is 12.8. The van der Waals surface area contributed by atoms with E-state index in [1.165, 1.54) is 62.5 Å². The second-order valence-corrected chi connectivity index (χ2v) is 8.10. The zero-order valence-corrected chi connectivity index (χ0v) is 16.7. The molecule has 1 fully saturated rings. The first-order chi connectivity index (χ1) is 13.2. The van der Waals surface area contributed by atoms with Crippen LogP contribution in [-0.2, 0) is 6.42 Å². The van der Waals surface area contributed by atoms with Crippen molar-refractivity contribution in [1.82, 2.24) is 0 Å². The number of benzene rings is 2. The van der Waals surface area contributed by atoms with E-state index in [0.717, 1.165) is 23.0 Å². The minimum Gasteiger partial charge on any atom is -0.103 e. The summed E-state index contributed by atoms with van der Waals surface area (Å²) in [4.78, 5) is 0. The van der Waals surface area contributed by atoms with Crippen LogP contribution in [0.3, 0.4) is 0 Å². The average Bonchev–Trinajstić information content (AvgIpc) is 2.72. The molecule has 0 heterocycles. The largest absolute Gasteiger partial charge is 0.103 e. The SMILES string of the molecule is C=CCCC1CCC(CCc2ccc(C#Cc3ccc(C)cc3)cc2)CC1. The van der Waals surface area contributed by atoms with E-state index in [1.807, 2.05) is 0 Å². The van der Waals surface area contributed by atoms with E-state index in [-0.39, 0.29) is 0 Å². The Bertz CT molecular complexity index is 760. The molecule has 0 heteroatoms. The first-order valence-electron chi connectivity index (χ1n) is 10.5. The van der Waals surface area contributed by atoms with Gasteiger partial charge in [-0.2, -0.15) is 0 Å². The third kappa shape index (κ3) is 6.44. The number of allylic oxidation sites excluding steroid dienone is 1. The first kappa shape index (κ1) is 19.5. The molecule has 0 saturated heterocycles. The Kier molecular flexibility index (Phi) is 7.35. The van der Waals surface area contributed by atoms with Crippen molar-refractivity contribution in [1.29, 1.82) is 0 Å². The van der Waals surface area contributed by atoms with E-state index in [0.29, 0.717) is 0 Å². The summed E-state index contributed by atoms with van der Waals surface area (Å²) >= 11 is 0. The van der Waals surface area contributed by atoms with Gasteiger partial charge < -0.3 is 0 Å². The second-order valence-electron chi connectivity index (χ2n) is 8.10. The van der Waals surface area contributed by atoms with Gasteiger partial charge in [-0.1, -0.05) is 73.4 Å². The fourth-order valence-electron chi connectivity index (χ4n) is 4.07. The molecule has 0 bridgehead atoms. The van der Waals surface area contributed by atoms with E-state index < -0.39 is 0 Å². The van der Waals surface area contributed by atoms with Crippen LogP contribution in [0, 0.1) is 30.6 Å². The van der Waals surface area contributed by atoms with Crippen LogP contribution < -0.4 is 0 Å². The Hall–Kier alpha value is -2.26. The van der Waals surface area contributed by atoms with Gasteiger partial charge in [0.2, 0.25) is 0 Å². The monoisotopic (exact) mass is 356 g/mol. The molecular weight excluding hydrogens is 324 g/mol. The Morgan fingerprint density at radius 2 is 1.33 bits per heavy atom. The maximum Gasteiger partial charge on any atom is 0.0249 e. The predicted octanol–water partition coefficient (Wildman–Crippen LogP) is 7.10. The van der Waals surface area contributed by atoms with Gasteiger partial charge in [-0.3, -0.25) is 0 Å². The van der Waals surface area contributed by atoms with Crippen molar-refractivity contribution >= 4 is 0 Å². The molecule has 2 aromatic rings. The highest BCUT2D eigenvalue weighted by atomic mass is 14.3. The van der Waals surface area contributed by atoms with Crippen LogP contribution in [0.15, 0.2) is 61.2 Å². The third-order valence-corrected chi connectivity index (χ3v) is 5.94. The first-order valence-corrected chi connectivity index (χ1v) is 10.5. The summed E-state index contributed by atoms with van der Waals surface area (Å²) < 4.78 is 0.